The highest BCUT2D eigenvalue weighted by molar-refractivity contribution is 7.92. The highest BCUT2D eigenvalue weighted by atomic mass is 32.2. The van der Waals surface area contributed by atoms with Gasteiger partial charge in [0, 0.05) is 23.9 Å². The Morgan fingerprint density at radius 1 is 0.871 bits per heavy atom. The molecule has 31 heavy (non-hydrogen) atoms. The predicted octanol–water partition coefficient (Wildman–Crippen LogP) is 3.74. The number of carbonyl (C=O) groups is 1. The van der Waals surface area contributed by atoms with Gasteiger partial charge in [-0.2, -0.15) is 0 Å². The fraction of sp³-hybridized carbons (Fsp3) is 0.174. The minimum absolute atomic E-state index is 0.0325. The highest BCUT2D eigenvalue weighted by Crippen LogP contribution is 2.30. The Kier molecular flexibility index (Phi) is 6.81. The zero-order chi connectivity index (χ0) is 22.4. The molecule has 2 N–H and O–H groups in total. The van der Waals surface area contributed by atoms with E-state index < -0.39 is 10.0 Å². The van der Waals surface area contributed by atoms with E-state index in [0.717, 1.165) is 11.1 Å². The second-order valence-electron chi connectivity index (χ2n) is 6.87. The largest absolute Gasteiger partial charge is 0.493 e. The van der Waals surface area contributed by atoms with Gasteiger partial charge in [0.15, 0.2) is 11.5 Å². The van der Waals surface area contributed by atoms with Crippen LogP contribution in [0, 0.1) is 6.92 Å². The smallest absolute Gasteiger partial charge is 0.262 e. The SMILES string of the molecule is COc1ccc(S(=O)(=O)Nc2ccc(C(=O)NCc3ccc(C)cc3)cc2)cc1OC. The first-order chi connectivity index (χ1) is 14.8. The maximum atomic E-state index is 12.7. The number of amides is 1. The molecule has 7 nitrogen and oxygen atoms in total. The van der Waals surface area contributed by atoms with Crippen molar-refractivity contribution < 1.29 is 22.7 Å². The van der Waals surface area contributed by atoms with Crippen molar-refractivity contribution in [2.45, 2.75) is 18.4 Å². The molecule has 0 atom stereocenters. The van der Waals surface area contributed by atoms with Crippen LogP contribution in [0.2, 0.25) is 0 Å². The Hall–Kier alpha value is -3.52. The van der Waals surface area contributed by atoms with Crippen LogP contribution in [0.25, 0.3) is 0 Å². The van der Waals surface area contributed by atoms with E-state index in [-0.39, 0.29) is 10.8 Å². The van der Waals surface area contributed by atoms with Gasteiger partial charge in [-0.1, -0.05) is 29.8 Å². The second kappa shape index (κ2) is 9.53. The van der Waals surface area contributed by atoms with Crippen molar-refractivity contribution in [2.75, 3.05) is 18.9 Å². The monoisotopic (exact) mass is 440 g/mol. The molecule has 0 fully saturated rings. The zero-order valence-corrected chi connectivity index (χ0v) is 18.3. The van der Waals surface area contributed by atoms with Gasteiger partial charge in [-0.25, -0.2) is 8.42 Å². The molecule has 0 aromatic heterocycles. The number of methoxy groups -OCH3 is 2. The Morgan fingerprint density at radius 3 is 2.13 bits per heavy atom. The third kappa shape index (κ3) is 5.55. The van der Waals surface area contributed by atoms with Crippen LogP contribution < -0.4 is 19.5 Å². The molecule has 0 aliphatic heterocycles. The van der Waals surface area contributed by atoms with Crippen LogP contribution in [0.3, 0.4) is 0 Å². The van der Waals surface area contributed by atoms with Crippen molar-refractivity contribution in [3.63, 3.8) is 0 Å². The minimum atomic E-state index is -3.84. The third-order valence-electron chi connectivity index (χ3n) is 4.64. The molecule has 0 unspecified atom stereocenters. The van der Waals surface area contributed by atoms with Crippen LogP contribution in [0.1, 0.15) is 21.5 Å². The average Bonchev–Trinajstić information content (AvgIpc) is 2.78. The van der Waals surface area contributed by atoms with E-state index in [4.69, 9.17) is 9.47 Å². The quantitative estimate of drug-likeness (QED) is 0.557. The number of ether oxygens (including phenoxy) is 2. The lowest BCUT2D eigenvalue weighted by molar-refractivity contribution is 0.0951. The number of benzene rings is 3. The summed E-state index contributed by atoms with van der Waals surface area (Å²) in [5, 5.41) is 2.85. The highest BCUT2D eigenvalue weighted by Gasteiger charge is 2.17. The topological polar surface area (TPSA) is 93.7 Å². The van der Waals surface area contributed by atoms with E-state index in [1.54, 1.807) is 24.3 Å². The number of carbonyl (C=O) groups excluding carboxylic acids is 1. The molecule has 0 aliphatic carbocycles. The van der Waals surface area contributed by atoms with Crippen LogP contribution in [0.4, 0.5) is 5.69 Å². The first-order valence-corrected chi connectivity index (χ1v) is 11.0. The van der Waals surface area contributed by atoms with E-state index in [9.17, 15) is 13.2 Å². The molecule has 0 spiro atoms. The van der Waals surface area contributed by atoms with Crippen molar-refractivity contribution in [2.24, 2.45) is 0 Å². The summed E-state index contributed by atoms with van der Waals surface area (Å²) < 4.78 is 38.2. The number of aryl methyl sites for hydroxylation is 1. The van der Waals surface area contributed by atoms with Gasteiger partial charge in [-0.15, -0.1) is 0 Å². The molecule has 0 aliphatic rings. The molecule has 0 radical (unpaired) electrons. The summed E-state index contributed by atoms with van der Waals surface area (Å²) in [4.78, 5) is 12.4. The second-order valence-corrected chi connectivity index (χ2v) is 8.55. The third-order valence-corrected chi connectivity index (χ3v) is 6.02. The number of hydrogen-bond acceptors (Lipinski definition) is 5. The molecule has 0 saturated heterocycles. The average molecular weight is 441 g/mol. The molecule has 0 bridgehead atoms. The molecule has 1 amide bonds. The van der Waals surface area contributed by atoms with Crippen molar-refractivity contribution in [3.8, 4) is 11.5 Å². The van der Waals surface area contributed by atoms with Crippen molar-refractivity contribution >= 4 is 21.6 Å². The lowest BCUT2D eigenvalue weighted by Gasteiger charge is -2.12. The molecule has 0 saturated carbocycles. The first-order valence-electron chi connectivity index (χ1n) is 9.51. The Bertz CT molecular complexity index is 1160. The normalized spacial score (nSPS) is 10.9. The van der Waals surface area contributed by atoms with Crippen LogP contribution in [-0.4, -0.2) is 28.5 Å². The first kappa shape index (κ1) is 22.2. The van der Waals surface area contributed by atoms with Gasteiger partial charge >= 0.3 is 0 Å². The van der Waals surface area contributed by atoms with E-state index in [2.05, 4.69) is 10.0 Å². The molecule has 3 rings (SSSR count). The van der Waals surface area contributed by atoms with Gasteiger partial charge in [0.25, 0.3) is 15.9 Å². The van der Waals surface area contributed by atoms with Crippen molar-refractivity contribution in [3.05, 3.63) is 83.4 Å². The lowest BCUT2D eigenvalue weighted by Crippen LogP contribution is -2.22. The molecule has 0 heterocycles. The summed E-state index contributed by atoms with van der Waals surface area (Å²) in [6, 6.07) is 18.4. The standard InChI is InChI=1S/C23H24N2O5S/c1-16-4-6-17(7-5-16)15-24-23(26)18-8-10-19(11-9-18)25-31(27,28)20-12-13-21(29-2)22(14-20)30-3/h4-14,25H,15H2,1-3H3,(H,24,26). The minimum Gasteiger partial charge on any atom is -0.493 e. The summed E-state index contributed by atoms with van der Waals surface area (Å²) in [6.45, 7) is 2.41. The molecule has 162 valence electrons. The van der Waals surface area contributed by atoms with Crippen LogP contribution in [0.5, 0.6) is 11.5 Å². The summed E-state index contributed by atoms with van der Waals surface area (Å²) in [7, 11) is -0.930. The number of rotatable bonds is 8. The maximum absolute atomic E-state index is 12.7. The Labute approximate surface area is 182 Å². The maximum Gasteiger partial charge on any atom is 0.262 e. The predicted molar refractivity (Wildman–Crippen MR) is 119 cm³/mol. The Morgan fingerprint density at radius 2 is 1.52 bits per heavy atom. The van der Waals surface area contributed by atoms with E-state index in [1.807, 2.05) is 31.2 Å². The molecule has 3 aromatic carbocycles. The molecule has 3 aromatic rings. The van der Waals surface area contributed by atoms with Crippen LogP contribution in [-0.2, 0) is 16.6 Å². The summed E-state index contributed by atoms with van der Waals surface area (Å²) >= 11 is 0. The lowest BCUT2D eigenvalue weighted by atomic mass is 10.1. The summed E-state index contributed by atoms with van der Waals surface area (Å²) in [6.07, 6.45) is 0. The Balaban J connectivity index is 1.66. The van der Waals surface area contributed by atoms with Crippen LogP contribution in [0.15, 0.2) is 71.6 Å². The van der Waals surface area contributed by atoms with Crippen molar-refractivity contribution in [1.29, 1.82) is 0 Å². The van der Waals surface area contributed by atoms with Gasteiger partial charge < -0.3 is 14.8 Å². The van der Waals surface area contributed by atoms with Gasteiger partial charge in [-0.05, 0) is 48.9 Å². The van der Waals surface area contributed by atoms with Gasteiger partial charge in [-0.3, -0.25) is 9.52 Å². The van der Waals surface area contributed by atoms with E-state index in [1.165, 1.54) is 32.4 Å². The van der Waals surface area contributed by atoms with Gasteiger partial charge in [0.05, 0.1) is 19.1 Å². The van der Waals surface area contributed by atoms with Gasteiger partial charge in [0.2, 0.25) is 0 Å². The number of hydrogen-bond donors (Lipinski definition) is 2. The van der Waals surface area contributed by atoms with Crippen LogP contribution >= 0.6 is 0 Å². The molecular weight excluding hydrogens is 416 g/mol. The number of anilines is 1. The fourth-order valence-corrected chi connectivity index (χ4v) is 3.95. The number of sulfonamides is 1. The summed E-state index contributed by atoms with van der Waals surface area (Å²) in [5.74, 6) is 0.503. The van der Waals surface area contributed by atoms with Crippen molar-refractivity contribution in [1.82, 2.24) is 5.32 Å². The number of nitrogens with one attached hydrogen (secondary N) is 2. The summed E-state index contributed by atoms with van der Waals surface area (Å²) in [5.41, 5.74) is 2.92. The molecular formula is C23H24N2O5S. The van der Waals surface area contributed by atoms with E-state index >= 15 is 0 Å². The fourth-order valence-electron chi connectivity index (χ4n) is 2.88. The molecule has 8 heteroatoms. The van der Waals surface area contributed by atoms with Gasteiger partial charge in [0.1, 0.15) is 0 Å². The van der Waals surface area contributed by atoms with E-state index in [0.29, 0.717) is 29.3 Å². The zero-order valence-electron chi connectivity index (χ0n) is 17.5.